The molecular formula is C99H109BrCl4N28O16. The highest BCUT2D eigenvalue weighted by atomic mass is 79.9. The number of nitrogens with two attached hydrogens (primary N) is 3. The van der Waals surface area contributed by atoms with Crippen LogP contribution in [-0.4, -0.2) is 165 Å². The van der Waals surface area contributed by atoms with Crippen LogP contribution in [0.2, 0.25) is 20.1 Å². The Hall–Kier alpha value is -15.7. The number of hydrogen-bond acceptors (Lipinski definition) is 32. The maximum absolute atomic E-state index is 14.2. The van der Waals surface area contributed by atoms with Crippen molar-refractivity contribution in [2.75, 3.05) is 70.0 Å². The third kappa shape index (κ3) is 22.3. The molecule has 44 nitrogen and oxygen atoms in total. The molecule has 4 unspecified atom stereocenters. The van der Waals surface area contributed by atoms with Gasteiger partial charge in [0.2, 0.25) is 0 Å². The normalized spacial score (nSPS) is 17.8. The van der Waals surface area contributed by atoms with Crippen LogP contribution in [0.25, 0.3) is 0 Å². The van der Waals surface area contributed by atoms with Crippen molar-refractivity contribution in [3.8, 4) is 0 Å². The number of anilines is 11. The van der Waals surface area contributed by atoms with Gasteiger partial charge in [-0.15, -0.1) is 0 Å². The highest BCUT2D eigenvalue weighted by molar-refractivity contribution is 9.10. The zero-order valence-corrected chi connectivity index (χ0v) is 84.3. The SMILES string of the molecule is C.C.C.CC(C)(C)OC(=O)N1Cc2ccccc2C2(C1)NC(=O)c1c(Cl)cc(Br)c(=O)n12.CC(C)(C)OC(=O)Nc1cc(N)ncn1.CC(C)(C)OC(=O)Nc1cc(Nc2cc(Cl)c3n(c2=O)C2(CN(C(=O)OC(C)(C)C)Cc4ccccc42)NC3=O)ncn1.Nc1cc(Nc2cc(Cl)c3n(c2=O)C2(CNCc4ccccc42)NC3=O)ncn1.Nc1cc(Nc2cc(Cl)c3n(c2=O)C2(CNCc4ccccc42)NC3=O)ncn1. The Morgan fingerprint density at radius 3 is 0.966 bits per heavy atom. The molecule has 4 atom stereocenters. The van der Waals surface area contributed by atoms with E-state index < -0.39 is 115 Å². The molecule has 0 bridgehead atoms. The van der Waals surface area contributed by atoms with Gasteiger partial charge < -0.3 is 84.0 Å². The lowest BCUT2D eigenvalue weighted by Crippen LogP contribution is -2.59. The van der Waals surface area contributed by atoms with Gasteiger partial charge in [-0.2, -0.15) is 0 Å². The van der Waals surface area contributed by atoms with Crippen molar-refractivity contribution in [1.29, 1.82) is 0 Å². The molecule has 0 saturated heterocycles. The second-order valence-corrected chi connectivity index (χ2v) is 40.7. The lowest BCUT2D eigenvalue weighted by molar-refractivity contribution is 0.0116. The quantitative estimate of drug-likeness (QED) is 0.0628. The molecule has 776 valence electrons. The van der Waals surface area contributed by atoms with Crippen molar-refractivity contribution in [2.45, 2.75) is 177 Å². The lowest BCUT2D eigenvalue weighted by Gasteiger charge is -2.42. The van der Waals surface area contributed by atoms with Crippen LogP contribution in [0.15, 0.2) is 195 Å². The molecule has 8 aliphatic rings. The zero-order valence-electron chi connectivity index (χ0n) is 79.7. The fraction of sp³-hybridized carbons (Fsp3) is 0.313. The van der Waals surface area contributed by atoms with E-state index in [9.17, 15) is 57.5 Å². The summed E-state index contributed by atoms with van der Waals surface area (Å²) in [5.41, 5.74) is 14.7. The average Bonchev–Trinajstić information content (AvgIpc) is 1.54. The Balaban J connectivity index is 0.000000158. The van der Waals surface area contributed by atoms with Crippen LogP contribution in [-0.2, 0) is 67.8 Å². The largest absolute Gasteiger partial charge is 0.444 e. The summed E-state index contributed by atoms with van der Waals surface area (Å²) >= 11 is 29.0. The minimum atomic E-state index is -1.47. The molecule has 4 spiro atoms. The molecule has 49 heteroatoms. The second-order valence-electron chi connectivity index (χ2n) is 38.2. The molecule has 12 aromatic rings. The van der Waals surface area contributed by atoms with Crippen molar-refractivity contribution < 1.29 is 57.3 Å². The van der Waals surface area contributed by atoms with Gasteiger partial charge in [0.15, 0.2) is 22.7 Å². The summed E-state index contributed by atoms with van der Waals surface area (Å²) < 4.78 is 27.2. The Kier molecular flexibility index (Phi) is 31.4. The van der Waals surface area contributed by atoms with Gasteiger partial charge in [-0.3, -0.25) is 77.1 Å². The smallest absolute Gasteiger partial charge is 0.413 e. The summed E-state index contributed by atoms with van der Waals surface area (Å²) in [4.78, 5) is 190. The molecule has 0 radical (unpaired) electrons. The molecule has 8 aromatic heterocycles. The Labute approximate surface area is 876 Å². The van der Waals surface area contributed by atoms with E-state index in [2.05, 4.69) is 114 Å². The predicted octanol–water partition coefficient (Wildman–Crippen LogP) is 13.7. The number of fused-ring (bicyclic) bond motifs is 16. The van der Waals surface area contributed by atoms with Crippen molar-refractivity contribution in [1.82, 2.24) is 99.8 Å². The van der Waals surface area contributed by atoms with E-state index in [1.807, 2.05) is 84.9 Å². The fourth-order valence-electron chi connectivity index (χ4n) is 17.7. The number of nitrogen functional groups attached to an aromatic ring is 3. The summed E-state index contributed by atoms with van der Waals surface area (Å²) in [6.45, 7) is 23.6. The molecule has 0 saturated carbocycles. The van der Waals surface area contributed by atoms with E-state index in [0.29, 0.717) is 55.7 Å². The highest BCUT2D eigenvalue weighted by Gasteiger charge is 2.56. The number of nitrogens with one attached hydrogen (secondary N) is 11. The van der Waals surface area contributed by atoms with Gasteiger partial charge in [-0.1, -0.05) is 166 Å². The van der Waals surface area contributed by atoms with Crippen molar-refractivity contribution in [2.24, 2.45) is 0 Å². The Morgan fingerprint density at radius 2 is 0.628 bits per heavy atom. The molecule has 16 heterocycles. The van der Waals surface area contributed by atoms with E-state index in [-0.39, 0.29) is 135 Å². The molecular weight excluding hydrogens is 2060 g/mol. The highest BCUT2D eigenvalue weighted by Crippen LogP contribution is 2.45. The van der Waals surface area contributed by atoms with Gasteiger partial charge >= 0.3 is 24.4 Å². The van der Waals surface area contributed by atoms with Crippen LogP contribution < -0.4 is 97.9 Å². The minimum Gasteiger partial charge on any atom is -0.444 e. The number of hydrogen-bond donors (Lipinski definition) is 14. The van der Waals surface area contributed by atoms with Crippen LogP contribution in [0.5, 0.6) is 0 Å². The van der Waals surface area contributed by atoms with Crippen LogP contribution in [0.4, 0.5) is 82.8 Å². The average molecular weight is 2170 g/mol. The summed E-state index contributed by atoms with van der Waals surface area (Å²) in [6.07, 6.45) is 2.64. The molecule has 8 amide bonds. The Morgan fingerprint density at radius 1 is 0.358 bits per heavy atom. The first kappa shape index (κ1) is 110. The third-order valence-electron chi connectivity index (χ3n) is 23.1. The second kappa shape index (κ2) is 42.4. The van der Waals surface area contributed by atoms with Gasteiger partial charge in [0, 0.05) is 85.8 Å². The Bertz CT molecular complexity index is 7380. The van der Waals surface area contributed by atoms with Crippen LogP contribution in [0.3, 0.4) is 0 Å². The number of nitrogens with zero attached hydrogens (tertiary/aromatic N) is 14. The molecule has 20 rings (SSSR count). The molecule has 0 aliphatic carbocycles. The standard InChI is InChI=1S/C29H32ClN7O6.C20H19BrClN3O4.2C19H16ClN7O2.C9H14N4O2.3CH4/c1-27(2,3)42-25(40)34-21-12-20(31-15-32-21)33-19-11-18(30)22-23(38)35-29(37(22)24(19)39)14-36(26(41)43-28(4,5)6)13-16-9-7-8-10-17(16)29;1-19(2,3)29-18(28)24-9-11-6-4-5-7-12(11)20(10-24)23-16(26)15-14(22)8-13(21)17(27)25(15)20;2*20-12-5-13(25-15-6-14(21)23-9-24-15)18(29)27-16(12)17(28)26-19(27)8-22-7-10-3-1-2-4-11(10)19;1-9(2,3)15-8(14)13-7-4-6(10)11-5-12-7;;;/h7-12,15H,13-14H2,1-6H3,(H,35,38)(H2,31,32,33,34,40);4-8H,9-10H2,1-3H3,(H,23,26);2*1-6,9,22H,7-8H2,(H,26,28)(H3,21,23,24,25);4-5H,1-3H3,(H3,10,11,12,13,14);3*1H4. The van der Waals surface area contributed by atoms with E-state index in [4.69, 9.17) is 82.6 Å². The fourth-order valence-corrected chi connectivity index (χ4v) is 19.4. The van der Waals surface area contributed by atoms with Gasteiger partial charge in [-0.05, 0) is 146 Å². The number of amides is 8. The third-order valence-corrected chi connectivity index (χ3v) is 24.9. The molecule has 4 aromatic carbocycles. The number of carbonyl (C=O) groups is 8. The molecule has 0 fully saturated rings. The van der Waals surface area contributed by atoms with E-state index in [0.717, 1.165) is 38.9 Å². The van der Waals surface area contributed by atoms with Gasteiger partial charge in [0.25, 0.3) is 45.9 Å². The van der Waals surface area contributed by atoms with Crippen molar-refractivity contribution in [3.63, 3.8) is 0 Å². The first-order valence-corrected chi connectivity index (χ1v) is 47.1. The number of halogens is 5. The number of aromatic nitrogens is 12. The first-order chi connectivity index (χ1) is 68.4. The van der Waals surface area contributed by atoms with Gasteiger partial charge in [0.05, 0.1) is 37.7 Å². The summed E-state index contributed by atoms with van der Waals surface area (Å²) in [7, 11) is 0. The van der Waals surface area contributed by atoms with Crippen LogP contribution in [0.1, 0.15) is 192 Å². The number of benzene rings is 4. The summed E-state index contributed by atoms with van der Waals surface area (Å²) in [5, 5.41) is 32.6. The van der Waals surface area contributed by atoms with Crippen molar-refractivity contribution >= 4 is 174 Å². The van der Waals surface area contributed by atoms with Gasteiger partial charge in [-0.25, -0.2) is 59.0 Å². The minimum absolute atomic E-state index is 0. The van der Waals surface area contributed by atoms with Crippen LogP contribution >= 0.6 is 62.3 Å². The van der Waals surface area contributed by atoms with E-state index >= 15 is 0 Å². The number of pyridine rings is 4. The summed E-state index contributed by atoms with van der Waals surface area (Å²) in [5.74, 6) is 0.268. The maximum atomic E-state index is 14.2. The monoisotopic (exact) mass is 2160 g/mol. The predicted molar refractivity (Wildman–Crippen MR) is 562 cm³/mol. The van der Waals surface area contributed by atoms with E-state index in [1.54, 1.807) is 95.2 Å². The van der Waals surface area contributed by atoms with E-state index in [1.165, 1.54) is 102 Å². The molecule has 17 N–H and O–H groups in total. The number of ether oxygens (including phenoxy) is 4. The first-order valence-electron chi connectivity index (χ1n) is 44.8. The topological polar surface area (TPSA) is 581 Å². The summed E-state index contributed by atoms with van der Waals surface area (Å²) in [6, 6.07) is 41.4. The maximum Gasteiger partial charge on any atom is 0.413 e. The zero-order chi connectivity index (χ0) is 104. The van der Waals surface area contributed by atoms with Gasteiger partial charge in [0.1, 0.15) is 134 Å². The number of carbonyl (C=O) groups excluding carboxylic acids is 8. The van der Waals surface area contributed by atoms with Crippen LogP contribution in [0, 0.1) is 0 Å². The number of rotatable bonds is 8. The lowest BCUT2D eigenvalue weighted by atomic mass is 9.89. The van der Waals surface area contributed by atoms with Crippen molar-refractivity contribution in [3.05, 3.63) is 304 Å². The molecule has 148 heavy (non-hydrogen) atoms. The molecule has 8 aliphatic heterocycles.